The number of anilines is 1. The summed E-state index contributed by atoms with van der Waals surface area (Å²) >= 11 is 0. The molecule has 5 nitrogen and oxygen atoms in total. The highest BCUT2D eigenvalue weighted by atomic mass is 32.2. The zero-order valence-electron chi connectivity index (χ0n) is 16.2. The molecule has 0 fully saturated rings. The van der Waals surface area contributed by atoms with Crippen molar-refractivity contribution in [3.8, 4) is 0 Å². The van der Waals surface area contributed by atoms with Gasteiger partial charge in [-0.05, 0) is 61.6 Å². The topological polar surface area (TPSA) is 58.6 Å². The number of ether oxygens (including phenoxy) is 1. The number of methoxy groups -OCH3 is 1. The first kappa shape index (κ1) is 19.9. The monoisotopic (exact) mass is 388 g/mol. The summed E-state index contributed by atoms with van der Waals surface area (Å²) in [4.78, 5) is 0.387. The minimum Gasteiger partial charge on any atom is -0.385 e. The second-order valence-electron chi connectivity index (χ2n) is 7.01. The standard InChI is InChI=1S/C21H28N2O3S/c1-16-11-12-18-20(15-16)27(24,25)23(2)19-10-6-5-9-17(19)21(18)22-13-7-4-8-14-26-3/h5-6,9-12,15,21-22H,4,7-8,13-14H2,1-3H3. The molecule has 1 aliphatic heterocycles. The van der Waals surface area contributed by atoms with Gasteiger partial charge in [-0.2, -0.15) is 0 Å². The molecule has 0 aromatic heterocycles. The number of sulfonamides is 1. The van der Waals surface area contributed by atoms with E-state index in [1.54, 1.807) is 20.2 Å². The number of nitrogens with zero attached hydrogens (tertiary/aromatic N) is 1. The predicted molar refractivity (Wildman–Crippen MR) is 109 cm³/mol. The van der Waals surface area contributed by atoms with Crippen molar-refractivity contribution in [2.45, 2.75) is 37.1 Å². The van der Waals surface area contributed by atoms with Crippen molar-refractivity contribution in [3.63, 3.8) is 0 Å². The van der Waals surface area contributed by atoms with Crippen molar-refractivity contribution < 1.29 is 13.2 Å². The Morgan fingerprint density at radius 1 is 1.07 bits per heavy atom. The van der Waals surface area contributed by atoms with Gasteiger partial charge in [0, 0.05) is 20.8 Å². The summed E-state index contributed by atoms with van der Waals surface area (Å²) in [6, 6.07) is 13.3. The Hall–Kier alpha value is -1.89. The molecule has 27 heavy (non-hydrogen) atoms. The van der Waals surface area contributed by atoms with Gasteiger partial charge in [0.05, 0.1) is 16.6 Å². The molecule has 6 heteroatoms. The lowest BCUT2D eigenvalue weighted by Gasteiger charge is -2.22. The molecule has 0 saturated carbocycles. The van der Waals surface area contributed by atoms with Gasteiger partial charge in [0.25, 0.3) is 10.0 Å². The van der Waals surface area contributed by atoms with Gasteiger partial charge in [-0.1, -0.05) is 30.3 Å². The van der Waals surface area contributed by atoms with Crippen LogP contribution in [0.15, 0.2) is 47.4 Å². The SMILES string of the molecule is COCCCCCNC1c2ccccc2N(C)S(=O)(=O)c2cc(C)ccc21. The third-order valence-corrected chi connectivity index (χ3v) is 6.91. The van der Waals surface area contributed by atoms with Gasteiger partial charge in [-0.3, -0.25) is 4.31 Å². The van der Waals surface area contributed by atoms with Gasteiger partial charge in [0.1, 0.15) is 0 Å². The summed E-state index contributed by atoms with van der Waals surface area (Å²) in [7, 11) is -0.241. The van der Waals surface area contributed by atoms with Crippen LogP contribution in [0.25, 0.3) is 0 Å². The summed E-state index contributed by atoms with van der Waals surface area (Å²) < 4.78 is 32.9. The van der Waals surface area contributed by atoms with Gasteiger partial charge in [-0.25, -0.2) is 8.42 Å². The number of aryl methyl sites for hydroxylation is 1. The van der Waals surface area contributed by atoms with E-state index in [0.717, 1.165) is 54.8 Å². The van der Waals surface area contributed by atoms with Gasteiger partial charge in [0.2, 0.25) is 0 Å². The van der Waals surface area contributed by atoms with Crippen molar-refractivity contribution in [1.29, 1.82) is 0 Å². The van der Waals surface area contributed by atoms with E-state index in [9.17, 15) is 8.42 Å². The Kier molecular flexibility index (Phi) is 6.19. The normalized spacial score (nSPS) is 17.9. The van der Waals surface area contributed by atoms with Crippen molar-refractivity contribution in [1.82, 2.24) is 5.32 Å². The number of nitrogens with one attached hydrogen (secondary N) is 1. The number of rotatable bonds is 7. The molecule has 1 N–H and O–H groups in total. The third-order valence-electron chi connectivity index (χ3n) is 5.08. The summed E-state index contributed by atoms with van der Waals surface area (Å²) in [6.07, 6.45) is 3.13. The largest absolute Gasteiger partial charge is 0.385 e. The number of fused-ring (bicyclic) bond motifs is 2. The van der Waals surface area contributed by atoms with Gasteiger partial charge in [-0.15, -0.1) is 0 Å². The van der Waals surface area contributed by atoms with Crippen molar-refractivity contribution in [2.75, 3.05) is 31.6 Å². The molecule has 0 bridgehead atoms. The van der Waals surface area contributed by atoms with E-state index >= 15 is 0 Å². The Bertz CT molecular complexity index is 896. The fourth-order valence-corrected chi connectivity index (χ4v) is 5.12. The van der Waals surface area contributed by atoms with Crippen LogP contribution in [0.5, 0.6) is 0 Å². The molecule has 2 aromatic carbocycles. The predicted octanol–water partition coefficient (Wildman–Crippen LogP) is 3.63. The van der Waals surface area contributed by atoms with E-state index < -0.39 is 10.0 Å². The maximum atomic E-state index is 13.2. The first-order valence-electron chi connectivity index (χ1n) is 9.37. The van der Waals surface area contributed by atoms with E-state index in [-0.39, 0.29) is 6.04 Å². The molecule has 146 valence electrons. The van der Waals surface area contributed by atoms with Crippen LogP contribution in [0.2, 0.25) is 0 Å². The zero-order chi connectivity index (χ0) is 19.4. The van der Waals surface area contributed by atoms with Crippen molar-refractivity contribution >= 4 is 15.7 Å². The van der Waals surface area contributed by atoms with Gasteiger partial charge < -0.3 is 10.1 Å². The Morgan fingerprint density at radius 2 is 1.85 bits per heavy atom. The van der Waals surface area contributed by atoms with Crippen LogP contribution < -0.4 is 9.62 Å². The minimum atomic E-state index is -3.59. The smallest absolute Gasteiger partial charge is 0.264 e. The van der Waals surface area contributed by atoms with Gasteiger partial charge in [0.15, 0.2) is 0 Å². The molecular weight excluding hydrogens is 360 g/mol. The summed E-state index contributed by atoms with van der Waals surface area (Å²) in [5, 5.41) is 3.60. The molecule has 2 aromatic rings. The van der Waals surface area contributed by atoms with E-state index in [2.05, 4.69) is 5.32 Å². The maximum Gasteiger partial charge on any atom is 0.264 e. The summed E-state index contributed by atoms with van der Waals surface area (Å²) in [6.45, 7) is 3.52. The van der Waals surface area contributed by atoms with Crippen LogP contribution >= 0.6 is 0 Å². The number of para-hydroxylation sites is 1. The maximum absolute atomic E-state index is 13.2. The average molecular weight is 389 g/mol. The van der Waals surface area contributed by atoms with E-state index in [0.29, 0.717) is 4.90 Å². The van der Waals surface area contributed by atoms with Crippen molar-refractivity contribution in [2.24, 2.45) is 0 Å². The number of hydrogen-bond acceptors (Lipinski definition) is 4. The molecular formula is C21H28N2O3S. The lowest BCUT2D eigenvalue weighted by molar-refractivity contribution is 0.192. The highest BCUT2D eigenvalue weighted by Crippen LogP contribution is 2.40. The second-order valence-corrected chi connectivity index (χ2v) is 8.95. The fourth-order valence-electron chi connectivity index (χ4n) is 3.58. The summed E-state index contributed by atoms with van der Waals surface area (Å²) in [5.41, 5.74) is 3.47. The molecule has 0 saturated heterocycles. The average Bonchev–Trinajstić information content (AvgIpc) is 2.73. The molecule has 0 spiro atoms. The Labute approximate surface area is 162 Å². The molecule has 0 radical (unpaired) electrons. The molecule has 1 unspecified atom stereocenters. The van der Waals surface area contributed by atoms with Crippen LogP contribution in [0, 0.1) is 6.92 Å². The van der Waals surface area contributed by atoms with Crippen LogP contribution in [-0.2, 0) is 14.8 Å². The fraction of sp³-hybridized carbons (Fsp3) is 0.429. The Balaban J connectivity index is 1.98. The first-order chi connectivity index (χ1) is 13.0. The quantitative estimate of drug-likeness (QED) is 0.736. The third kappa shape index (κ3) is 4.03. The molecule has 1 atom stereocenters. The highest BCUT2D eigenvalue weighted by molar-refractivity contribution is 7.92. The Morgan fingerprint density at radius 3 is 2.63 bits per heavy atom. The number of unbranched alkanes of at least 4 members (excludes halogenated alkanes) is 2. The van der Waals surface area contributed by atoms with E-state index in [1.807, 2.05) is 43.3 Å². The lowest BCUT2D eigenvalue weighted by Crippen LogP contribution is -2.26. The summed E-state index contributed by atoms with van der Waals surface area (Å²) in [5.74, 6) is 0. The lowest BCUT2D eigenvalue weighted by atomic mass is 9.96. The van der Waals surface area contributed by atoms with Gasteiger partial charge >= 0.3 is 0 Å². The molecule has 1 heterocycles. The van der Waals surface area contributed by atoms with Crippen molar-refractivity contribution in [3.05, 3.63) is 59.2 Å². The second kappa shape index (κ2) is 8.42. The molecule has 0 aliphatic carbocycles. The van der Waals surface area contributed by atoms with Crippen LogP contribution in [0.4, 0.5) is 5.69 Å². The van der Waals surface area contributed by atoms with E-state index in [1.165, 1.54) is 4.31 Å². The van der Waals surface area contributed by atoms with Crippen LogP contribution in [-0.4, -0.2) is 35.7 Å². The van der Waals surface area contributed by atoms with Crippen LogP contribution in [0.1, 0.15) is 42.0 Å². The molecule has 3 rings (SSSR count). The molecule has 0 amide bonds. The first-order valence-corrected chi connectivity index (χ1v) is 10.8. The minimum absolute atomic E-state index is 0.154. The van der Waals surface area contributed by atoms with Crippen LogP contribution in [0.3, 0.4) is 0 Å². The number of benzene rings is 2. The highest BCUT2D eigenvalue weighted by Gasteiger charge is 2.34. The van der Waals surface area contributed by atoms with E-state index in [4.69, 9.17) is 4.74 Å². The molecule has 1 aliphatic rings. The number of hydrogen-bond donors (Lipinski definition) is 1. The zero-order valence-corrected chi connectivity index (χ0v) is 17.1.